The molecule has 1 aromatic carbocycles. The van der Waals surface area contributed by atoms with Gasteiger partial charge < -0.3 is 10.0 Å². The highest BCUT2D eigenvalue weighted by Crippen LogP contribution is 2.23. The summed E-state index contributed by atoms with van der Waals surface area (Å²) in [5.74, 6) is -0.856. The minimum atomic E-state index is -0.856. The number of halogens is 1. The van der Waals surface area contributed by atoms with Gasteiger partial charge in [0.25, 0.3) is 0 Å². The van der Waals surface area contributed by atoms with Crippen molar-refractivity contribution in [2.75, 3.05) is 13.6 Å². The molecule has 0 unspecified atom stereocenters. The molecular weight excluding hydrogens is 338 g/mol. The highest BCUT2D eigenvalue weighted by atomic mass is 79.9. The number of benzene rings is 1. The number of aromatic carboxylic acids is 1. The monoisotopic (exact) mass is 353 g/mol. The molecule has 5 heteroatoms. The van der Waals surface area contributed by atoms with E-state index >= 15 is 0 Å². The lowest BCUT2D eigenvalue weighted by molar-refractivity contribution is 0.0695. The summed E-state index contributed by atoms with van der Waals surface area (Å²) in [5.41, 5.74) is 1.29. The van der Waals surface area contributed by atoms with Gasteiger partial charge in [0.05, 0.1) is 9.35 Å². The van der Waals surface area contributed by atoms with Crippen LogP contribution in [0.1, 0.15) is 20.8 Å². The summed E-state index contributed by atoms with van der Waals surface area (Å²) in [4.78, 5) is 14.6. The zero-order valence-corrected chi connectivity index (χ0v) is 13.6. The van der Waals surface area contributed by atoms with Crippen LogP contribution in [0, 0.1) is 0 Å². The average molecular weight is 354 g/mol. The van der Waals surface area contributed by atoms with Gasteiger partial charge in [0.2, 0.25) is 0 Å². The number of rotatable bonds is 6. The first kappa shape index (κ1) is 15.2. The highest BCUT2D eigenvalue weighted by molar-refractivity contribution is 9.11. The van der Waals surface area contributed by atoms with E-state index in [1.165, 1.54) is 4.88 Å². The zero-order valence-electron chi connectivity index (χ0n) is 11.2. The summed E-state index contributed by atoms with van der Waals surface area (Å²) in [6.07, 6.45) is 0.742. The molecule has 0 aliphatic carbocycles. The van der Waals surface area contributed by atoms with Gasteiger partial charge in [-0.15, -0.1) is 11.3 Å². The van der Waals surface area contributed by atoms with Gasteiger partial charge in [0, 0.05) is 18.0 Å². The maximum Gasteiger partial charge on any atom is 0.335 e. The molecule has 0 aliphatic rings. The fraction of sp³-hybridized carbons (Fsp3) is 0.267. The van der Waals surface area contributed by atoms with E-state index in [9.17, 15) is 4.79 Å². The first-order valence-corrected chi connectivity index (χ1v) is 7.91. The van der Waals surface area contributed by atoms with Gasteiger partial charge in [-0.2, -0.15) is 0 Å². The van der Waals surface area contributed by atoms with Gasteiger partial charge in [-0.1, -0.05) is 18.2 Å². The zero-order chi connectivity index (χ0) is 14.5. The van der Waals surface area contributed by atoms with Crippen LogP contribution in [-0.4, -0.2) is 29.6 Å². The van der Waals surface area contributed by atoms with Crippen molar-refractivity contribution in [3.8, 4) is 0 Å². The van der Waals surface area contributed by atoms with Crippen molar-refractivity contribution < 1.29 is 9.90 Å². The highest BCUT2D eigenvalue weighted by Gasteiger charge is 2.10. The Bertz CT molecular complexity index is 597. The van der Waals surface area contributed by atoms with E-state index in [4.69, 9.17) is 5.11 Å². The predicted octanol–water partition coefficient (Wildman–Crippen LogP) is 3.88. The summed E-state index contributed by atoms with van der Waals surface area (Å²) < 4.78 is 1.14. The molecule has 0 saturated heterocycles. The van der Waals surface area contributed by atoms with E-state index in [0.717, 1.165) is 28.9 Å². The quantitative estimate of drug-likeness (QED) is 0.856. The number of thiophene rings is 1. The molecule has 0 amide bonds. The fourth-order valence-corrected chi connectivity index (χ4v) is 3.60. The minimum absolute atomic E-state index is 0.403. The number of hydrogen-bond donors (Lipinski definition) is 1. The van der Waals surface area contributed by atoms with Gasteiger partial charge in [0.15, 0.2) is 0 Å². The van der Waals surface area contributed by atoms with E-state index in [2.05, 4.69) is 33.9 Å². The maximum absolute atomic E-state index is 11.1. The van der Waals surface area contributed by atoms with Crippen molar-refractivity contribution in [3.63, 3.8) is 0 Å². The van der Waals surface area contributed by atoms with Crippen LogP contribution in [0.3, 0.4) is 0 Å². The Balaban J connectivity index is 1.93. The van der Waals surface area contributed by atoms with Crippen LogP contribution in [0.4, 0.5) is 0 Å². The van der Waals surface area contributed by atoms with E-state index in [1.807, 2.05) is 18.2 Å². The number of hydrogen-bond acceptors (Lipinski definition) is 3. The van der Waals surface area contributed by atoms with Crippen molar-refractivity contribution in [3.05, 3.63) is 56.2 Å². The first-order valence-electron chi connectivity index (χ1n) is 6.30. The SMILES string of the molecule is CN(CCc1ccccc1C(=O)O)Cc1ccc(Br)s1. The fourth-order valence-electron chi connectivity index (χ4n) is 2.04. The second-order valence-corrected chi connectivity index (χ2v) is 7.20. The lowest BCUT2D eigenvalue weighted by atomic mass is 10.0. The molecule has 0 fully saturated rings. The standard InChI is InChI=1S/C15H16BrNO2S/c1-17(10-12-6-7-14(16)20-12)9-8-11-4-2-3-5-13(11)15(18)19/h2-7H,8-10H2,1H3,(H,18,19). The third-order valence-corrected chi connectivity index (χ3v) is 4.67. The maximum atomic E-state index is 11.1. The number of nitrogens with zero attached hydrogens (tertiary/aromatic N) is 1. The molecule has 2 aromatic rings. The van der Waals surface area contributed by atoms with Gasteiger partial charge in [0.1, 0.15) is 0 Å². The summed E-state index contributed by atoms with van der Waals surface area (Å²) in [6.45, 7) is 1.71. The Labute approximate surface area is 131 Å². The summed E-state index contributed by atoms with van der Waals surface area (Å²) in [5, 5.41) is 9.15. The van der Waals surface area contributed by atoms with Gasteiger partial charge in [-0.25, -0.2) is 4.79 Å². The predicted molar refractivity (Wildman–Crippen MR) is 85.5 cm³/mol. The summed E-state index contributed by atoms with van der Waals surface area (Å²) in [6, 6.07) is 11.4. The number of likely N-dealkylation sites (N-methyl/N-ethyl adjacent to an activating group) is 1. The van der Waals surface area contributed by atoms with Crippen molar-refractivity contribution in [2.24, 2.45) is 0 Å². The smallest absolute Gasteiger partial charge is 0.335 e. The molecule has 106 valence electrons. The molecular formula is C15H16BrNO2S. The molecule has 0 atom stereocenters. The van der Waals surface area contributed by atoms with E-state index < -0.39 is 5.97 Å². The normalized spacial score (nSPS) is 10.9. The Hall–Kier alpha value is -1.17. The van der Waals surface area contributed by atoms with E-state index in [-0.39, 0.29) is 0 Å². The first-order chi connectivity index (χ1) is 9.56. The van der Waals surface area contributed by atoms with Crippen LogP contribution in [0.15, 0.2) is 40.2 Å². The van der Waals surface area contributed by atoms with Crippen molar-refractivity contribution >= 4 is 33.2 Å². The molecule has 0 bridgehead atoms. The van der Waals surface area contributed by atoms with Gasteiger partial charge in [-0.05, 0) is 53.2 Å². The van der Waals surface area contributed by atoms with Crippen LogP contribution in [0.25, 0.3) is 0 Å². The van der Waals surface area contributed by atoms with Crippen LogP contribution in [0.2, 0.25) is 0 Å². The van der Waals surface area contributed by atoms with Crippen molar-refractivity contribution in [2.45, 2.75) is 13.0 Å². The molecule has 2 rings (SSSR count). The van der Waals surface area contributed by atoms with Crippen LogP contribution >= 0.6 is 27.3 Å². The van der Waals surface area contributed by atoms with Crippen LogP contribution in [-0.2, 0) is 13.0 Å². The van der Waals surface area contributed by atoms with Crippen LogP contribution in [0.5, 0.6) is 0 Å². The van der Waals surface area contributed by atoms with E-state index in [0.29, 0.717) is 5.56 Å². The second-order valence-electron chi connectivity index (χ2n) is 4.66. The van der Waals surface area contributed by atoms with Gasteiger partial charge >= 0.3 is 5.97 Å². The molecule has 1 heterocycles. The third kappa shape index (κ3) is 4.16. The third-order valence-electron chi connectivity index (χ3n) is 3.07. The Morgan fingerprint density at radius 3 is 2.70 bits per heavy atom. The topological polar surface area (TPSA) is 40.5 Å². The Morgan fingerprint density at radius 1 is 1.30 bits per heavy atom. The summed E-state index contributed by atoms with van der Waals surface area (Å²) >= 11 is 5.18. The van der Waals surface area contributed by atoms with Gasteiger partial charge in [-0.3, -0.25) is 0 Å². The number of carboxylic acids is 1. The number of carbonyl (C=O) groups is 1. The second kappa shape index (κ2) is 7.02. The van der Waals surface area contributed by atoms with E-state index in [1.54, 1.807) is 23.5 Å². The molecule has 0 radical (unpaired) electrons. The Morgan fingerprint density at radius 2 is 2.05 bits per heavy atom. The molecule has 0 spiro atoms. The molecule has 1 N–H and O–H groups in total. The average Bonchev–Trinajstić information content (AvgIpc) is 2.82. The molecule has 0 saturated carbocycles. The Kier molecular flexibility index (Phi) is 5.34. The largest absolute Gasteiger partial charge is 0.478 e. The number of carboxylic acid groups (broad SMARTS) is 1. The lowest BCUT2D eigenvalue weighted by Crippen LogP contribution is -2.21. The molecule has 20 heavy (non-hydrogen) atoms. The summed E-state index contributed by atoms with van der Waals surface area (Å²) in [7, 11) is 2.05. The molecule has 1 aromatic heterocycles. The molecule has 0 aliphatic heterocycles. The van der Waals surface area contributed by atoms with Crippen LogP contribution < -0.4 is 0 Å². The van der Waals surface area contributed by atoms with Crippen molar-refractivity contribution in [1.29, 1.82) is 0 Å². The lowest BCUT2D eigenvalue weighted by Gasteiger charge is -2.16. The van der Waals surface area contributed by atoms with Crippen molar-refractivity contribution in [1.82, 2.24) is 4.90 Å². The minimum Gasteiger partial charge on any atom is -0.478 e. The molecule has 3 nitrogen and oxygen atoms in total.